The van der Waals surface area contributed by atoms with Gasteiger partial charge in [0.25, 0.3) is 11.5 Å². The van der Waals surface area contributed by atoms with Crippen LogP contribution in [0.3, 0.4) is 0 Å². The van der Waals surface area contributed by atoms with Crippen molar-refractivity contribution < 1.29 is 18.3 Å². The zero-order valence-electron chi connectivity index (χ0n) is 13.6. The molecule has 0 aliphatic rings. The van der Waals surface area contributed by atoms with Crippen molar-refractivity contribution in [2.45, 2.75) is 33.4 Å². The summed E-state index contributed by atoms with van der Waals surface area (Å²) >= 11 is 0. The maximum absolute atomic E-state index is 13.1. The Bertz CT molecular complexity index is 818. The molecule has 7 heteroatoms. The molecule has 1 atom stereocenters. The van der Waals surface area contributed by atoms with Crippen LogP contribution < -0.4 is 15.6 Å². The number of carbonyl (C=O) groups is 1. The first-order chi connectivity index (χ1) is 11.3. The molecule has 2 N–H and O–H groups in total. The predicted molar refractivity (Wildman–Crippen MR) is 84.8 cm³/mol. The van der Waals surface area contributed by atoms with Crippen LogP contribution in [0.2, 0.25) is 0 Å². The minimum absolute atomic E-state index is 0.0425. The van der Waals surface area contributed by atoms with E-state index in [4.69, 9.17) is 4.74 Å². The van der Waals surface area contributed by atoms with E-state index in [2.05, 4.69) is 10.3 Å². The van der Waals surface area contributed by atoms with Gasteiger partial charge in [0, 0.05) is 23.9 Å². The van der Waals surface area contributed by atoms with Crippen LogP contribution in [-0.2, 0) is 11.3 Å². The van der Waals surface area contributed by atoms with Crippen LogP contribution in [0.4, 0.5) is 8.78 Å². The van der Waals surface area contributed by atoms with Crippen molar-refractivity contribution in [3.8, 4) is 5.75 Å². The molecule has 5 nitrogen and oxygen atoms in total. The van der Waals surface area contributed by atoms with Gasteiger partial charge in [0.2, 0.25) is 0 Å². The van der Waals surface area contributed by atoms with Crippen molar-refractivity contribution in [2.24, 2.45) is 0 Å². The summed E-state index contributed by atoms with van der Waals surface area (Å²) in [5, 5.41) is 2.59. The molecule has 1 aromatic carbocycles. The summed E-state index contributed by atoms with van der Waals surface area (Å²) in [7, 11) is 0. The molecule has 1 amide bonds. The summed E-state index contributed by atoms with van der Waals surface area (Å²) in [4.78, 5) is 26.6. The van der Waals surface area contributed by atoms with E-state index in [1.165, 1.54) is 13.0 Å². The Morgan fingerprint density at radius 1 is 1.25 bits per heavy atom. The van der Waals surface area contributed by atoms with Crippen molar-refractivity contribution in [2.75, 3.05) is 0 Å². The van der Waals surface area contributed by atoms with Crippen molar-refractivity contribution in [1.29, 1.82) is 0 Å². The number of hydrogen-bond donors (Lipinski definition) is 2. The van der Waals surface area contributed by atoms with Crippen LogP contribution in [0.25, 0.3) is 0 Å². The monoisotopic (exact) mass is 336 g/mol. The van der Waals surface area contributed by atoms with Crippen LogP contribution in [0.5, 0.6) is 5.75 Å². The molecule has 1 aromatic heterocycles. The lowest BCUT2D eigenvalue weighted by atomic mass is 10.1. The van der Waals surface area contributed by atoms with Gasteiger partial charge in [0.05, 0.1) is 0 Å². The number of ether oxygens (including phenoxy) is 1. The third-order valence-corrected chi connectivity index (χ3v) is 3.51. The summed E-state index contributed by atoms with van der Waals surface area (Å²) in [6, 6.07) is 4.83. The molecule has 2 aromatic rings. The Morgan fingerprint density at radius 3 is 2.58 bits per heavy atom. The number of carbonyl (C=O) groups excluding carboxylic acids is 1. The van der Waals surface area contributed by atoms with Gasteiger partial charge in [-0.25, -0.2) is 8.78 Å². The summed E-state index contributed by atoms with van der Waals surface area (Å²) in [6.45, 7) is 5.08. The summed E-state index contributed by atoms with van der Waals surface area (Å²) in [6.07, 6.45) is -0.931. The molecule has 0 saturated carbocycles. The fourth-order valence-corrected chi connectivity index (χ4v) is 2.23. The number of aromatic nitrogens is 1. The van der Waals surface area contributed by atoms with Gasteiger partial charge in [-0.15, -0.1) is 0 Å². The SMILES string of the molecule is Cc1cc(C)c(CNC(=O)C(C)Oc2ccc(F)c(F)c2)c(=O)[nH]1. The minimum Gasteiger partial charge on any atom is -0.481 e. The quantitative estimate of drug-likeness (QED) is 0.880. The maximum Gasteiger partial charge on any atom is 0.261 e. The molecular formula is C17H18F2N2O3. The van der Waals surface area contributed by atoms with E-state index < -0.39 is 23.6 Å². The highest BCUT2D eigenvalue weighted by molar-refractivity contribution is 5.80. The Labute approximate surface area is 137 Å². The van der Waals surface area contributed by atoms with Crippen molar-refractivity contribution in [3.05, 3.63) is 63.1 Å². The highest BCUT2D eigenvalue weighted by Crippen LogP contribution is 2.16. The van der Waals surface area contributed by atoms with Crippen LogP contribution in [0.1, 0.15) is 23.7 Å². The van der Waals surface area contributed by atoms with Gasteiger partial charge in [-0.1, -0.05) is 0 Å². The molecule has 0 radical (unpaired) electrons. The number of H-pyrrole nitrogens is 1. The van der Waals surface area contributed by atoms with Crippen LogP contribution in [0.15, 0.2) is 29.1 Å². The van der Waals surface area contributed by atoms with Gasteiger partial charge in [0.1, 0.15) is 5.75 Å². The normalized spacial score (nSPS) is 11.9. The van der Waals surface area contributed by atoms with Crippen LogP contribution >= 0.6 is 0 Å². The molecule has 0 spiro atoms. The highest BCUT2D eigenvalue weighted by atomic mass is 19.2. The van der Waals surface area contributed by atoms with Crippen LogP contribution in [-0.4, -0.2) is 17.0 Å². The summed E-state index contributed by atoms with van der Waals surface area (Å²) in [5.74, 6) is -2.48. The molecule has 0 aliphatic carbocycles. The molecule has 0 aliphatic heterocycles. The average Bonchev–Trinajstić information content (AvgIpc) is 2.49. The zero-order valence-corrected chi connectivity index (χ0v) is 13.6. The standard InChI is InChI=1S/C17H18F2N2O3/c1-9-6-10(2)21-17(23)13(9)8-20-16(22)11(3)24-12-4-5-14(18)15(19)7-12/h4-7,11H,8H2,1-3H3,(H,20,22)(H,21,23). The van der Waals surface area contributed by atoms with E-state index in [1.54, 1.807) is 13.8 Å². The van der Waals surface area contributed by atoms with E-state index in [-0.39, 0.29) is 17.9 Å². The molecule has 2 rings (SSSR count). The number of aryl methyl sites for hydroxylation is 2. The second kappa shape index (κ2) is 7.25. The van der Waals surface area contributed by atoms with E-state index in [9.17, 15) is 18.4 Å². The van der Waals surface area contributed by atoms with Crippen LogP contribution in [0, 0.1) is 25.5 Å². The van der Waals surface area contributed by atoms with E-state index in [1.807, 2.05) is 6.07 Å². The number of nitrogens with one attached hydrogen (secondary N) is 2. The predicted octanol–water partition coefficient (Wildman–Crippen LogP) is 2.35. The van der Waals surface area contributed by atoms with E-state index in [0.29, 0.717) is 5.56 Å². The van der Waals surface area contributed by atoms with Gasteiger partial charge in [-0.05, 0) is 44.5 Å². The van der Waals surface area contributed by atoms with Crippen molar-refractivity contribution in [1.82, 2.24) is 10.3 Å². The fraction of sp³-hybridized carbons (Fsp3) is 0.294. The zero-order chi connectivity index (χ0) is 17.9. The topological polar surface area (TPSA) is 71.2 Å². The van der Waals surface area contributed by atoms with Gasteiger partial charge in [-0.3, -0.25) is 9.59 Å². The molecule has 128 valence electrons. The van der Waals surface area contributed by atoms with Gasteiger partial charge < -0.3 is 15.0 Å². The van der Waals surface area contributed by atoms with E-state index >= 15 is 0 Å². The fourth-order valence-electron chi connectivity index (χ4n) is 2.23. The van der Waals surface area contributed by atoms with Gasteiger partial charge in [0.15, 0.2) is 17.7 Å². The number of amides is 1. The number of halogens is 2. The third-order valence-electron chi connectivity index (χ3n) is 3.51. The first-order valence-corrected chi connectivity index (χ1v) is 7.36. The molecule has 1 unspecified atom stereocenters. The van der Waals surface area contributed by atoms with Crippen molar-refractivity contribution in [3.63, 3.8) is 0 Å². The Morgan fingerprint density at radius 2 is 1.96 bits per heavy atom. The molecule has 0 saturated heterocycles. The van der Waals surface area contributed by atoms with Gasteiger partial charge >= 0.3 is 0 Å². The van der Waals surface area contributed by atoms with Gasteiger partial charge in [-0.2, -0.15) is 0 Å². The lowest BCUT2D eigenvalue weighted by molar-refractivity contribution is -0.127. The molecule has 0 bridgehead atoms. The number of benzene rings is 1. The smallest absolute Gasteiger partial charge is 0.261 e. The first-order valence-electron chi connectivity index (χ1n) is 7.36. The molecule has 24 heavy (non-hydrogen) atoms. The second-order valence-electron chi connectivity index (χ2n) is 5.50. The second-order valence-corrected chi connectivity index (χ2v) is 5.50. The molecular weight excluding hydrogens is 318 g/mol. The number of aromatic amines is 1. The molecule has 1 heterocycles. The average molecular weight is 336 g/mol. The maximum atomic E-state index is 13.1. The highest BCUT2D eigenvalue weighted by Gasteiger charge is 2.16. The lowest BCUT2D eigenvalue weighted by Gasteiger charge is -2.15. The number of pyridine rings is 1. The Hall–Kier alpha value is -2.70. The van der Waals surface area contributed by atoms with Crippen molar-refractivity contribution >= 4 is 5.91 Å². The summed E-state index contributed by atoms with van der Waals surface area (Å²) < 4.78 is 31.3. The first kappa shape index (κ1) is 17.7. The summed E-state index contributed by atoms with van der Waals surface area (Å²) in [5.41, 5.74) is 1.70. The number of rotatable bonds is 5. The largest absolute Gasteiger partial charge is 0.481 e. The third kappa shape index (κ3) is 4.18. The lowest BCUT2D eigenvalue weighted by Crippen LogP contribution is -2.37. The Balaban J connectivity index is 1.99. The molecule has 0 fully saturated rings. The Kier molecular flexibility index (Phi) is 5.33. The number of hydrogen-bond acceptors (Lipinski definition) is 3. The minimum atomic E-state index is -1.05. The van der Waals surface area contributed by atoms with E-state index in [0.717, 1.165) is 23.4 Å².